The molecule has 0 aromatic rings. The zero-order valence-corrected chi connectivity index (χ0v) is 7.83. The molecule has 74 valence electrons. The van der Waals surface area contributed by atoms with Gasteiger partial charge in [0.15, 0.2) is 0 Å². The summed E-state index contributed by atoms with van der Waals surface area (Å²) in [6, 6.07) is -0.414. The van der Waals surface area contributed by atoms with E-state index < -0.39 is 11.6 Å². The Morgan fingerprint density at radius 1 is 1.54 bits per heavy atom. The van der Waals surface area contributed by atoms with Crippen molar-refractivity contribution < 1.29 is 14.7 Å². The highest BCUT2D eigenvalue weighted by Gasteiger charge is 2.45. The lowest BCUT2D eigenvalue weighted by molar-refractivity contribution is -0.131. The number of hydrogen-bond acceptors (Lipinski definition) is 3. The SMILES string of the molecule is CCC1(C)NC(=O)N(CCO)C1=O. The first-order valence-electron chi connectivity index (χ1n) is 4.30. The molecule has 1 saturated heterocycles. The van der Waals surface area contributed by atoms with E-state index in [-0.39, 0.29) is 19.1 Å². The van der Waals surface area contributed by atoms with Crippen LogP contribution in [-0.2, 0) is 4.79 Å². The highest BCUT2D eigenvalue weighted by atomic mass is 16.3. The maximum atomic E-state index is 11.6. The van der Waals surface area contributed by atoms with Gasteiger partial charge in [0.25, 0.3) is 5.91 Å². The highest BCUT2D eigenvalue weighted by molar-refractivity contribution is 6.06. The molecule has 1 unspecified atom stereocenters. The smallest absolute Gasteiger partial charge is 0.325 e. The molecule has 1 heterocycles. The minimum absolute atomic E-state index is 0.0697. The Balaban J connectivity index is 2.81. The van der Waals surface area contributed by atoms with Gasteiger partial charge in [0.2, 0.25) is 0 Å². The van der Waals surface area contributed by atoms with Crippen LogP contribution in [0.2, 0.25) is 0 Å². The van der Waals surface area contributed by atoms with Crippen molar-refractivity contribution in [2.45, 2.75) is 25.8 Å². The van der Waals surface area contributed by atoms with Crippen LogP contribution >= 0.6 is 0 Å². The Bertz CT molecular complexity index is 242. The average Bonchev–Trinajstić information content (AvgIpc) is 2.31. The largest absolute Gasteiger partial charge is 0.395 e. The van der Waals surface area contributed by atoms with E-state index in [1.807, 2.05) is 6.92 Å². The Kier molecular flexibility index (Phi) is 2.56. The Morgan fingerprint density at radius 2 is 2.15 bits per heavy atom. The van der Waals surface area contributed by atoms with Crippen LogP contribution in [0.3, 0.4) is 0 Å². The third kappa shape index (κ3) is 1.51. The van der Waals surface area contributed by atoms with Crippen molar-refractivity contribution in [3.8, 4) is 0 Å². The third-order valence-electron chi connectivity index (χ3n) is 2.38. The van der Waals surface area contributed by atoms with E-state index in [2.05, 4.69) is 5.32 Å². The summed E-state index contributed by atoms with van der Waals surface area (Å²) in [7, 11) is 0. The van der Waals surface area contributed by atoms with E-state index in [1.54, 1.807) is 6.92 Å². The molecule has 0 radical (unpaired) electrons. The standard InChI is InChI=1S/C8H14N2O3/c1-3-8(2)6(12)10(4-5-11)7(13)9-8/h11H,3-5H2,1-2H3,(H,9,13). The second-order valence-corrected chi connectivity index (χ2v) is 3.30. The maximum Gasteiger partial charge on any atom is 0.325 e. The fourth-order valence-electron chi connectivity index (χ4n) is 1.29. The van der Waals surface area contributed by atoms with E-state index in [0.717, 1.165) is 4.90 Å². The molecule has 3 amide bonds. The van der Waals surface area contributed by atoms with Gasteiger partial charge in [0, 0.05) is 0 Å². The molecule has 0 aromatic heterocycles. The van der Waals surface area contributed by atoms with Crippen LogP contribution < -0.4 is 5.32 Å². The molecular weight excluding hydrogens is 172 g/mol. The molecule has 5 heteroatoms. The number of imide groups is 1. The number of nitrogens with zero attached hydrogens (tertiary/aromatic N) is 1. The van der Waals surface area contributed by atoms with Crippen LogP contribution in [-0.4, -0.2) is 40.6 Å². The Labute approximate surface area is 76.7 Å². The van der Waals surface area contributed by atoms with Crippen molar-refractivity contribution in [1.29, 1.82) is 0 Å². The van der Waals surface area contributed by atoms with Crippen molar-refractivity contribution in [2.75, 3.05) is 13.2 Å². The number of urea groups is 1. The van der Waals surface area contributed by atoms with Crippen LogP contribution in [0, 0.1) is 0 Å². The summed E-state index contributed by atoms with van der Waals surface area (Å²) in [5.74, 6) is -0.256. The number of carbonyl (C=O) groups is 2. The van der Waals surface area contributed by atoms with Crippen LogP contribution in [0.25, 0.3) is 0 Å². The minimum Gasteiger partial charge on any atom is -0.395 e. The normalized spacial score (nSPS) is 28.1. The van der Waals surface area contributed by atoms with Crippen molar-refractivity contribution in [1.82, 2.24) is 10.2 Å². The van der Waals surface area contributed by atoms with Gasteiger partial charge in [-0.2, -0.15) is 0 Å². The van der Waals surface area contributed by atoms with Gasteiger partial charge < -0.3 is 10.4 Å². The van der Waals surface area contributed by atoms with Crippen molar-refractivity contribution in [3.63, 3.8) is 0 Å². The number of nitrogens with one attached hydrogen (secondary N) is 1. The second kappa shape index (κ2) is 3.33. The minimum atomic E-state index is -0.785. The van der Waals surface area contributed by atoms with E-state index in [0.29, 0.717) is 6.42 Å². The lowest BCUT2D eigenvalue weighted by Gasteiger charge is -2.18. The summed E-state index contributed by atoms with van der Waals surface area (Å²) in [6.45, 7) is 3.39. The molecule has 0 bridgehead atoms. The maximum absolute atomic E-state index is 11.6. The molecule has 1 aliphatic heterocycles. The van der Waals surface area contributed by atoms with Gasteiger partial charge >= 0.3 is 6.03 Å². The summed E-state index contributed by atoms with van der Waals surface area (Å²) in [5, 5.41) is 11.2. The predicted octanol–water partition coefficient (Wildman–Crippen LogP) is -0.301. The molecule has 1 aliphatic rings. The van der Waals surface area contributed by atoms with Gasteiger partial charge in [-0.05, 0) is 13.3 Å². The first-order valence-corrected chi connectivity index (χ1v) is 4.30. The molecule has 5 nitrogen and oxygen atoms in total. The van der Waals surface area contributed by atoms with Crippen LogP contribution in [0.4, 0.5) is 4.79 Å². The van der Waals surface area contributed by atoms with Crippen LogP contribution in [0.5, 0.6) is 0 Å². The van der Waals surface area contributed by atoms with E-state index >= 15 is 0 Å². The number of aliphatic hydroxyl groups excluding tert-OH is 1. The first kappa shape index (κ1) is 9.98. The zero-order valence-electron chi connectivity index (χ0n) is 7.83. The molecule has 0 saturated carbocycles. The number of aliphatic hydroxyl groups is 1. The molecule has 1 rings (SSSR count). The third-order valence-corrected chi connectivity index (χ3v) is 2.38. The summed E-state index contributed by atoms with van der Waals surface area (Å²) in [6.07, 6.45) is 0.555. The first-order chi connectivity index (χ1) is 6.05. The van der Waals surface area contributed by atoms with Gasteiger partial charge in [0.05, 0.1) is 13.2 Å². The van der Waals surface area contributed by atoms with E-state index in [4.69, 9.17) is 5.11 Å². The molecule has 13 heavy (non-hydrogen) atoms. The number of hydrogen-bond donors (Lipinski definition) is 2. The monoisotopic (exact) mass is 186 g/mol. The van der Waals surface area contributed by atoms with Crippen molar-refractivity contribution in [2.24, 2.45) is 0 Å². The predicted molar refractivity (Wildman–Crippen MR) is 46.0 cm³/mol. The summed E-state index contributed by atoms with van der Waals surface area (Å²) in [4.78, 5) is 23.9. The van der Waals surface area contributed by atoms with Crippen LogP contribution in [0.15, 0.2) is 0 Å². The number of β-amino-alcohol motifs (C(OH)–C–C–N with tert-alkyl or cyclic N) is 1. The molecule has 1 atom stereocenters. The number of amides is 3. The molecule has 1 fully saturated rings. The number of carbonyl (C=O) groups excluding carboxylic acids is 2. The molecule has 0 aliphatic carbocycles. The Morgan fingerprint density at radius 3 is 2.54 bits per heavy atom. The van der Waals surface area contributed by atoms with Gasteiger partial charge in [-0.25, -0.2) is 4.79 Å². The molecule has 0 aromatic carbocycles. The topological polar surface area (TPSA) is 69.6 Å². The second-order valence-electron chi connectivity index (χ2n) is 3.30. The van der Waals surface area contributed by atoms with Crippen molar-refractivity contribution >= 4 is 11.9 Å². The van der Waals surface area contributed by atoms with Gasteiger partial charge in [0.1, 0.15) is 5.54 Å². The van der Waals surface area contributed by atoms with E-state index in [9.17, 15) is 9.59 Å². The highest BCUT2D eigenvalue weighted by Crippen LogP contribution is 2.19. The number of rotatable bonds is 3. The molecule has 2 N–H and O–H groups in total. The van der Waals surface area contributed by atoms with Crippen LogP contribution in [0.1, 0.15) is 20.3 Å². The van der Waals surface area contributed by atoms with Crippen molar-refractivity contribution in [3.05, 3.63) is 0 Å². The van der Waals surface area contributed by atoms with Gasteiger partial charge in [-0.15, -0.1) is 0 Å². The summed E-state index contributed by atoms with van der Waals surface area (Å²) >= 11 is 0. The quantitative estimate of drug-likeness (QED) is 0.594. The summed E-state index contributed by atoms with van der Waals surface area (Å²) in [5.41, 5.74) is -0.785. The fourth-order valence-corrected chi connectivity index (χ4v) is 1.29. The van der Waals surface area contributed by atoms with E-state index in [1.165, 1.54) is 0 Å². The lowest BCUT2D eigenvalue weighted by Crippen LogP contribution is -2.43. The zero-order chi connectivity index (χ0) is 10.1. The molecule has 0 spiro atoms. The average molecular weight is 186 g/mol. The summed E-state index contributed by atoms with van der Waals surface area (Å²) < 4.78 is 0. The lowest BCUT2D eigenvalue weighted by atomic mass is 9.99. The Hall–Kier alpha value is -1.10. The fraction of sp³-hybridized carbons (Fsp3) is 0.750. The van der Waals surface area contributed by atoms with Gasteiger partial charge in [-0.3, -0.25) is 9.69 Å². The molecular formula is C8H14N2O3. The van der Waals surface area contributed by atoms with Gasteiger partial charge in [-0.1, -0.05) is 6.92 Å².